The number of hydrogen-bond acceptors (Lipinski definition) is 4. The number of aliphatic imine (C=N–C) groups is 1. The van der Waals surface area contributed by atoms with Crippen molar-refractivity contribution in [1.29, 1.82) is 0 Å². The summed E-state index contributed by atoms with van der Waals surface area (Å²) >= 11 is 0. The highest BCUT2D eigenvalue weighted by Crippen LogP contribution is 2.13. The van der Waals surface area contributed by atoms with Gasteiger partial charge in [-0.25, -0.2) is 0 Å². The summed E-state index contributed by atoms with van der Waals surface area (Å²) in [5, 5.41) is 13.6. The third-order valence-corrected chi connectivity index (χ3v) is 5.91. The van der Waals surface area contributed by atoms with E-state index in [1.54, 1.807) is 0 Å². The summed E-state index contributed by atoms with van der Waals surface area (Å²) in [5.74, 6) is 0.173. The second kappa shape index (κ2) is 17.9. The maximum Gasteiger partial charge on any atom is 0.224 e. The lowest BCUT2D eigenvalue weighted by Crippen LogP contribution is -2.50. The third kappa shape index (κ3) is 13.8. The molecule has 2 unspecified atom stereocenters. The van der Waals surface area contributed by atoms with Gasteiger partial charge in [-0.05, 0) is 26.0 Å². The Balaban J connectivity index is 1.96. The number of amides is 1. The van der Waals surface area contributed by atoms with Crippen LogP contribution in [0.2, 0.25) is 0 Å². The third-order valence-electron chi connectivity index (χ3n) is 5.91. The van der Waals surface area contributed by atoms with E-state index in [2.05, 4.69) is 17.2 Å². The highest BCUT2D eigenvalue weighted by atomic mass is 16.3. The van der Waals surface area contributed by atoms with Crippen molar-refractivity contribution in [1.82, 2.24) is 10.2 Å². The number of nitrogens with one attached hydrogen (secondary N) is 1. The average Bonchev–Trinajstić information content (AvgIpc) is 2.70. The second-order valence-corrected chi connectivity index (χ2v) is 8.63. The number of carbonyl (C=O) groups is 1. The molecule has 5 heteroatoms. The van der Waals surface area contributed by atoms with Crippen molar-refractivity contribution in [2.45, 2.75) is 122 Å². The van der Waals surface area contributed by atoms with Crippen LogP contribution in [0.3, 0.4) is 0 Å². The number of carbonyl (C=O) groups excluding carboxylic acids is 1. The average molecular weight is 410 g/mol. The fraction of sp³-hybridized carbons (Fsp3) is 0.917. The Morgan fingerprint density at radius 3 is 2.24 bits per heavy atom. The second-order valence-electron chi connectivity index (χ2n) is 8.63. The molecule has 0 aromatic heterocycles. The molecule has 1 aliphatic rings. The molecule has 0 radical (unpaired) electrons. The molecule has 1 heterocycles. The molecule has 0 saturated carbocycles. The zero-order valence-electron chi connectivity index (χ0n) is 19.2. The largest absolute Gasteiger partial charge is 0.392 e. The molecule has 0 aromatic rings. The van der Waals surface area contributed by atoms with Crippen LogP contribution in [-0.2, 0) is 4.79 Å². The molecule has 0 aliphatic carbocycles. The lowest BCUT2D eigenvalue weighted by molar-refractivity contribution is -0.133. The summed E-state index contributed by atoms with van der Waals surface area (Å²) in [5.41, 5.74) is 0. The number of unbranched alkanes of at least 4 members (excludes halogenated alkanes) is 11. The Morgan fingerprint density at radius 2 is 1.62 bits per heavy atom. The van der Waals surface area contributed by atoms with E-state index in [4.69, 9.17) is 0 Å². The minimum Gasteiger partial charge on any atom is -0.392 e. The molecule has 0 aromatic carbocycles. The van der Waals surface area contributed by atoms with E-state index in [-0.39, 0.29) is 18.2 Å². The Kier molecular flexibility index (Phi) is 16.1. The van der Waals surface area contributed by atoms with Crippen LogP contribution in [-0.4, -0.2) is 54.0 Å². The van der Waals surface area contributed by atoms with E-state index in [1.807, 2.05) is 18.0 Å². The molecule has 5 nitrogen and oxygen atoms in total. The smallest absolute Gasteiger partial charge is 0.224 e. The summed E-state index contributed by atoms with van der Waals surface area (Å²) in [7, 11) is 0. The van der Waals surface area contributed by atoms with Crippen molar-refractivity contribution in [2.75, 3.05) is 19.6 Å². The predicted molar refractivity (Wildman–Crippen MR) is 123 cm³/mol. The van der Waals surface area contributed by atoms with E-state index in [1.165, 1.54) is 70.6 Å². The number of nitrogens with zero attached hydrogens (tertiary/aromatic N) is 2. The van der Waals surface area contributed by atoms with Gasteiger partial charge in [-0.1, -0.05) is 84.0 Å². The quantitative estimate of drug-likeness (QED) is 0.330. The molecular weight excluding hydrogens is 362 g/mol. The van der Waals surface area contributed by atoms with Crippen molar-refractivity contribution in [3.05, 3.63) is 0 Å². The molecule has 2 N–H and O–H groups in total. The van der Waals surface area contributed by atoms with Crippen LogP contribution in [0.5, 0.6) is 0 Å². The van der Waals surface area contributed by atoms with Crippen LogP contribution in [0.25, 0.3) is 0 Å². The van der Waals surface area contributed by atoms with Crippen LogP contribution in [0, 0.1) is 0 Å². The highest BCUT2D eigenvalue weighted by molar-refractivity contribution is 5.79. The number of aliphatic hydroxyl groups is 1. The maximum absolute atomic E-state index is 12.2. The van der Waals surface area contributed by atoms with Gasteiger partial charge in [0.2, 0.25) is 5.91 Å². The first-order chi connectivity index (χ1) is 14.1. The predicted octanol–water partition coefficient (Wildman–Crippen LogP) is 5.07. The molecule has 29 heavy (non-hydrogen) atoms. The van der Waals surface area contributed by atoms with E-state index in [9.17, 15) is 9.90 Å². The van der Waals surface area contributed by atoms with Crippen LogP contribution >= 0.6 is 0 Å². The lowest BCUT2D eigenvalue weighted by atomic mass is 10.0. The van der Waals surface area contributed by atoms with Gasteiger partial charge in [-0.2, -0.15) is 0 Å². The van der Waals surface area contributed by atoms with E-state index >= 15 is 0 Å². The first-order valence-electron chi connectivity index (χ1n) is 12.3. The molecule has 1 amide bonds. The van der Waals surface area contributed by atoms with Crippen molar-refractivity contribution in [3.8, 4) is 0 Å². The van der Waals surface area contributed by atoms with Crippen molar-refractivity contribution in [2.24, 2.45) is 4.99 Å². The molecule has 0 bridgehead atoms. The summed E-state index contributed by atoms with van der Waals surface area (Å²) in [6, 6.07) is 0. The number of aliphatic hydroxyl groups excluding tert-OH is 1. The monoisotopic (exact) mass is 409 g/mol. The normalized spacial score (nSPS) is 17.2. The van der Waals surface area contributed by atoms with E-state index in [0.29, 0.717) is 26.1 Å². The first kappa shape index (κ1) is 26.1. The molecule has 0 spiro atoms. The Hall–Kier alpha value is -0.940. The van der Waals surface area contributed by atoms with E-state index < -0.39 is 0 Å². The van der Waals surface area contributed by atoms with Crippen LogP contribution in [0.15, 0.2) is 4.99 Å². The van der Waals surface area contributed by atoms with E-state index in [0.717, 1.165) is 19.3 Å². The fourth-order valence-electron chi connectivity index (χ4n) is 3.95. The minimum absolute atomic E-state index is 0.0487. The number of hydrogen-bond donors (Lipinski definition) is 2. The van der Waals surface area contributed by atoms with Gasteiger partial charge in [0.25, 0.3) is 0 Å². The lowest BCUT2D eigenvalue weighted by Gasteiger charge is -2.31. The van der Waals surface area contributed by atoms with Crippen LogP contribution in [0.1, 0.15) is 110 Å². The first-order valence-corrected chi connectivity index (χ1v) is 12.3. The van der Waals surface area contributed by atoms with Gasteiger partial charge >= 0.3 is 0 Å². The SMILES string of the molecule is CCCCCCCCCCCCCCC(O)CNC(C)N1CCN=CCCC1=O. The highest BCUT2D eigenvalue weighted by Gasteiger charge is 2.20. The molecule has 0 saturated heterocycles. The van der Waals surface area contributed by atoms with Gasteiger partial charge in [0, 0.05) is 19.5 Å². The minimum atomic E-state index is -0.330. The van der Waals surface area contributed by atoms with Crippen molar-refractivity contribution >= 4 is 12.1 Å². The molecule has 1 rings (SSSR count). The van der Waals surface area contributed by atoms with Crippen LogP contribution in [0.4, 0.5) is 0 Å². The fourth-order valence-corrected chi connectivity index (χ4v) is 3.95. The van der Waals surface area contributed by atoms with Crippen molar-refractivity contribution < 1.29 is 9.90 Å². The van der Waals surface area contributed by atoms with Gasteiger partial charge in [-0.3, -0.25) is 15.1 Å². The maximum atomic E-state index is 12.2. The van der Waals surface area contributed by atoms with Crippen molar-refractivity contribution in [3.63, 3.8) is 0 Å². The summed E-state index contributed by atoms with van der Waals surface area (Å²) in [4.78, 5) is 18.4. The zero-order valence-corrected chi connectivity index (χ0v) is 19.2. The van der Waals surface area contributed by atoms with Gasteiger partial charge < -0.3 is 10.0 Å². The van der Waals surface area contributed by atoms with Gasteiger partial charge in [-0.15, -0.1) is 0 Å². The summed E-state index contributed by atoms with van der Waals surface area (Å²) < 4.78 is 0. The molecule has 0 fully saturated rings. The standard InChI is InChI=1S/C24H47N3O2/c1-3-4-5-6-7-8-9-10-11-12-13-14-16-23(28)21-26-22(2)27-20-19-25-18-15-17-24(27)29/h18,22-23,26,28H,3-17,19-21H2,1-2H3. The molecular formula is C24H47N3O2. The Labute approximate surface area is 179 Å². The Morgan fingerprint density at radius 1 is 1.03 bits per heavy atom. The zero-order chi connectivity index (χ0) is 21.2. The molecule has 2 atom stereocenters. The van der Waals surface area contributed by atoms with Gasteiger partial charge in [0.1, 0.15) is 0 Å². The Bertz CT molecular complexity index is 428. The molecule has 170 valence electrons. The summed E-state index contributed by atoms with van der Waals surface area (Å²) in [6.07, 6.45) is 19.6. The summed E-state index contributed by atoms with van der Waals surface area (Å²) in [6.45, 7) is 6.13. The topological polar surface area (TPSA) is 64.9 Å². The van der Waals surface area contributed by atoms with Gasteiger partial charge in [0.05, 0.1) is 18.8 Å². The number of rotatable bonds is 17. The van der Waals surface area contributed by atoms with Gasteiger partial charge in [0.15, 0.2) is 0 Å². The molecule has 1 aliphatic heterocycles. The van der Waals surface area contributed by atoms with Crippen LogP contribution < -0.4 is 5.32 Å².